The van der Waals surface area contributed by atoms with Crippen LogP contribution in [0.1, 0.15) is 0 Å². The number of nitrogens with zero attached hydrogens (tertiary/aromatic N) is 9. The Labute approximate surface area is 696 Å². The zero-order chi connectivity index (χ0) is 78.9. The van der Waals surface area contributed by atoms with Crippen molar-refractivity contribution in [3.63, 3.8) is 0 Å². The predicted molar refractivity (Wildman–Crippen MR) is 503 cm³/mol. The van der Waals surface area contributed by atoms with Crippen molar-refractivity contribution < 1.29 is 0 Å². The van der Waals surface area contributed by atoms with Crippen molar-refractivity contribution in [1.29, 1.82) is 0 Å². The van der Waals surface area contributed by atoms with Gasteiger partial charge in [0.1, 0.15) is 0 Å². The molecule has 0 bridgehead atoms. The summed E-state index contributed by atoms with van der Waals surface area (Å²) in [6.07, 6.45) is 0. The largest absolute Gasteiger partial charge is 0.309 e. The molecule has 11 heteroatoms. The van der Waals surface area contributed by atoms with Crippen molar-refractivity contribution in [1.82, 2.24) is 43.2 Å². The Balaban J connectivity index is 0.000000137. The van der Waals surface area contributed by atoms with Crippen LogP contribution >= 0.6 is 22.7 Å². The fraction of sp³-hybridized carbons (Fsp3) is 0. The van der Waals surface area contributed by atoms with Crippen LogP contribution in [0.25, 0.3) is 230 Å². The second-order valence-electron chi connectivity index (χ2n) is 30.6. The van der Waals surface area contributed by atoms with Crippen LogP contribution in [0.5, 0.6) is 0 Å². The van der Waals surface area contributed by atoms with Gasteiger partial charge in [0.25, 0.3) is 0 Å². The van der Waals surface area contributed by atoms with E-state index in [2.05, 4.69) is 376 Å². The summed E-state index contributed by atoms with van der Waals surface area (Å²) in [5.41, 5.74) is 24.0. The van der Waals surface area contributed by atoms with Crippen LogP contribution in [0.15, 0.2) is 406 Å². The first-order valence-electron chi connectivity index (χ1n) is 40.4. The first-order valence-corrected chi connectivity index (χ1v) is 42.1. The third-order valence-corrected chi connectivity index (χ3v) is 26.1. The average molecular weight is 1570 g/mol. The van der Waals surface area contributed by atoms with Crippen LogP contribution in [-0.2, 0) is 0 Å². The fourth-order valence-corrected chi connectivity index (χ4v) is 20.6. The molecule has 0 radical (unpaired) electrons. The minimum atomic E-state index is 0.647. The summed E-state index contributed by atoms with van der Waals surface area (Å²) in [6, 6.07) is 145. The molecule has 0 saturated carbocycles. The number of para-hydroxylation sites is 6. The number of fused-ring (bicyclic) bond motifs is 18. The Bertz CT molecular complexity index is 8240. The van der Waals surface area contributed by atoms with E-state index in [1.54, 1.807) is 11.3 Å². The molecule has 9 nitrogen and oxygen atoms in total. The number of aromatic nitrogens is 9. The maximum atomic E-state index is 5.36. The fourth-order valence-electron chi connectivity index (χ4n) is 18.2. The summed E-state index contributed by atoms with van der Waals surface area (Å²) in [6.45, 7) is 0. The van der Waals surface area contributed by atoms with E-state index in [9.17, 15) is 0 Å². The van der Waals surface area contributed by atoms with Gasteiger partial charge in [0.2, 0.25) is 0 Å². The van der Waals surface area contributed by atoms with Crippen LogP contribution in [0.2, 0.25) is 0 Å². The molecule has 0 unspecified atom stereocenters. The van der Waals surface area contributed by atoms with Gasteiger partial charge < -0.3 is 18.3 Å². The Morgan fingerprint density at radius 1 is 0.167 bits per heavy atom. The summed E-state index contributed by atoms with van der Waals surface area (Å²) in [7, 11) is 0. The van der Waals surface area contributed by atoms with Crippen molar-refractivity contribution in [3.8, 4) is 102 Å². The number of benzene rings is 17. The number of rotatable bonds is 11. The molecule has 0 fully saturated rings. The van der Waals surface area contributed by atoms with Gasteiger partial charge in [0, 0.05) is 140 Å². The Morgan fingerprint density at radius 2 is 0.458 bits per heavy atom. The molecule has 560 valence electrons. The lowest BCUT2D eigenvalue weighted by atomic mass is 10.0. The van der Waals surface area contributed by atoms with E-state index in [-0.39, 0.29) is 0 Å². The van der Waals surface area contributed by atoms with Crippen LogP contribution in [0, 0.1) is 0 Å². The lowest BCUT2D eigenvalue weighted by Crippen LogP contribution is -2.01. The van der Waals surface area contributed by atoms with E-state index in [0.717, 1.165) is 94.3 Å². The van der Waals surface area contributed by atoms with Gasteiger partial charge in [0.15, 0.2) is 23.3 Å². The molecule has 120 heavy (non-hydrogen) atoms. The summed E-state index contributed by atoms with van der Waals surface area (Å²) < 4.78 is 14.4. The molecule has 0 aliphatic heterocycles. The molecule has 8 aromatic heterocycles. The maximum Gasteiger partial charge on any atom is 0.165 e. The number of hydrogen-bond donors (Lipinski definition) is 0. The average Bonchev–Trinajstić information content (AvgIpc) is 1.57. The van der Waals surface area contributed by atoms with E-state index < -0.39 is 0 Å². The quantitative estimate of drug-likeness (QED) is 0.129. The first-order chi connectivity index (χ1) is 59.5. The van der Waals surface area contributed by atoms with Gasteiger partial charge in [-0.15, -0.1) is 22.7 Å². The van der Waals surface area contributed by atoms with Crippen molar-refractivity contribution in [2.45, 2.75) is 0 Å². The molecule has 0 N–H and O–H groups in total. The molecule has 17 aromatic carbocycles. The van der Waals surface area contributed by atoms with Gasteiger partial charge >= 0.3 is 0 Å². The van der Waals surface area contributed by atoms with Crippen LogP contribution < -0.4 is 0 Å². The predicted octanol–water partition coefficient (Wildman–Crippen LogP) is 29.1. The van der Waals surface area contributed by atoms with Gasteiger partial charge in [0.05, 0.1) is 55.5 Å². The molecule has 25 aromatic rings. The smallest absolute Gasteiger partial charge is 0.165 e. The SMILES string of the molecule is c1ccc(-c2cc(-c3ccccc3)nc(-c3cc(-n4c5ccccc5c5cc(-c6ccc7c(c6)c6ccccc6n7-c6ccccc6)ccc54)cc4c3sc3ccccc34)n2)cc1.c1ccc(-c2nc(-c3ccccc3)nc(-c3cc(-n4c5ccccc5c5cc(-n6c7ccccc7c7ccccc76)ccc54)cc4c3sc3ccccc34)n2)cc1. The van der Waals surface area contributed by atoms with E-state index in [1.165, 1.54) is 112 Å². The monoisotopic (exact) mass is 1570 g/mol. The first kappa shape index (κ1) is 68.8. The van der Waals surface area contributed by atoms with E-state index >= 15 is 0 Å². The third kappa shape index (κ3) is 11.4. The van der Waals surface area contributed by atoms with Crippen molar-refractivity contribution in [3.05, 3.63) is 406 Å². The van der Waals surface area contributed by atoms with Crippen molar-refractivity contribution in [2.24, 2.45) is 0 Å². The van der Waals surface area contributed by atoms with E-state index in [4.69, 9.17) is 24.9 Å². The number of thiophene rings is 2. The maximum absolute atomic E-state index is 5.36. The molecule has 0 atom stereocenters. The summed E-state index contributed by atoms with van der Waals surface area (Å²) in [4.78, 5) is 26.2. The minimum absolute atomic E-state index is 0.647. The molecular weight excluding hydrogens is 1500 g/mol. The second kappa shape index (κ2) is 28.1. The third-order valence-electron chi connectivity index (χ3n) is 23.7. The van der Waals surface area contributed by atoms with Gasteiger partial charge in [-0.25, -0.2) is 24.9 Å². The van der Waals surface area contributed by atoms with Crippen LogP contribution in [0.3, 0.4) is 0 Å². The molecular formula is C109H67N9S2. The Hall–Kier alpha value is -15.5. The van der Waals surface area contributed by atoms with Crippen molar-refractivity contribution >= 4 is 150 Å². The van der Waals surface area contributed by atoms with Crippen molar-refractivity contribution in [2.75, 3.05) is 0 Å². The highest BCUT2D eigenvalue weighted by atomic mass is 32.1. The summed E-state index contributed by atoms with van der Waals surface area (Å²) >= 11 is 3.60. The topological polar surface area (TPSA) is 84.2 Å². The molecule has 0 aliphatic rings. The summed E-state index contributed by atoms with van der Waals surface area (Å²) in [5, 5.41) is 14.6. The molecule has 0 amide bonds. The molecule has 0 aliphatic carbocycles. The summed E-state index contributed by atoms with van der Waals surface area (Å²) in [5.74, 6) is 2.65. The lowest BCUT2D eigenvalue weighted by Gasteiger charge is -2.14. The molecule has 25 rings (SSSR count). The Morgan fingerprint density at radius 3 is 0.875 bits per heavy atom. The van der Waals surface area contributed by atoms with Gasteiger partial charge in [-0.05, 0) is 139 Å². The minimum Gasteiger partial charge on any atom is -0.309 e. The van der Waals surface area contributed by atoms with Crippen LogP contribution in [0.4, 0.5) is 0 Å². The highest BCUT2D eigenvalue weighted by molar-refractivity contribution is 7.26. The zero-order valence-corrected chi connectivity index (χ0v) is 66.2. The normalized spacial score (nSPS) is 11.8. The van der Waals surface area contributed by atoms with Gasteiger partial charge in [-0.3, -0.25) is 0 Å². The van der Waals surface area contributed by atoms with Gasteiger partial charge in [-0.2, -0.15) is 0 Å². The Kier molecular flexibility index (Phi) is 16.1. The van der Waals surface area contributed by atoms with E-state index in [1.807, 2.05) is 59.9 Å². The highest BCUT2D eigenvalue weighted by Gasteiger charge is 2.26. The molecule has 0 spiro atoms. The van der Waals surface area contributed by atoms with Gasteiger partial charge in [-0.1, -0.05) is 279 Å². The zero-order valence-electron chi connectivity index (χ0n) is 64.5. The number of hydrogen-bond acceptors (Lipinski definition) is 7. The standard InChI is InChI=1S/C58H36N4S.C51H31N5S/c1-4-16-37(17-5-1)50-36-51(38-18-6-2-7-19-38)60-58(59-50)49-35-42(34-48-45-24-12-15-27-56(45)63-57(48)49)62-53-26-14-11-23-44(53)47-33-40(29-31-55(47)62)39-28-30-54-46(32-39)43-22-10-13-25-52(43)61(54)41-20-8-3-9-21-41;1-3-15-32(16-4-1)49-52-50(33-17-5-2-6-18-33)54-51(53-49)42-31-35(30-41-39-22-10-14-26-47(39)57-48(41)42)56-45-25-13-9-21-38(45)40-29-34(27-28-46(40)56)55-43-23-11-7-19-36(43)37-20-8-12-24-44(37)55/h1-36H;1-31H. The van der Waals surface area contributed by atoms with Crippen LogP contribution in [-0.4, -0.2) is 43.2 Å². The lowest BCUT2D eigenvalue weighted by molar-refractivity contribution is 1.07. The molecule has 8 heterocycles. The molecule has 0 saturated heterocycles. The highest BCUT2D eigenvalue weighted by Crippen LogP contribution is 2.48. The van der Waals surface area contributed by atoms with E-state index in [0.29, 0.717) is 23.3 Å². The second-order valence-corrected chi connectivity index (χ2v) is 32.7.